The van der Waals surface area contributed by atoms with Crippen LogP contribution in [-0.4, -0.2) is 97.4 Å². The fourth-order valence-corrected chi connectivity index (χ4v) is 6.35. The smallest absolute Gasteiger partial charge is 0.225 e. The van der Waals surface area contributed by atoms with Gasteiger partial charge in [0.15, 0.2) is 5.65 Å². The van der Waals surface area contributed by atoms with Crippen LogP contribution in [0.2, 0.25) is 0 Å². The van der Waals surface area contributed by atoms with Gasteiger partial charge in [0.1, 0.15) is 17.2 Å². The standard InChI is InChI=1S/C31H44F2N8O3/c1-3-40(15-14-39(2)16-17-42)29(44)20-4-9-23(10-5-20)41-28-27(37-31(41)36-26-13-6-21(32)18-25(26)33)19-34-30(38-28)35-22-7-11-24(43)12-8-22/h6,13,18-20,22-24,42-43H,3-5,7-12,14-17H2,1-2H3,(H,36,37)(H,34,35,38)/t20-,22-,23+,24-. The molecule has 5 rings (SSSR count). The Morgan fingerprint density at radius 1 is 1.05 bits per heavy atom. The van der Waals surface area contributed by atoms with Gasteiger partial charge in [0, 0.05) is 50.2 Å². The largest absolute Gasteiger partial charge is 0.395 e. The molecule has 0 spiro atoms. The number of aromatic nitrogens is 4. The summed E-state index contributed by atoms with van der Waals surface area (Å²) in [5, 5.41) is 25.5. The maximum absolute atomic E-state index is 14.7. The second-order valence-electron chi connectivity index (χ2n) is 12.1. The van der Waals surface area contributed by atoms with E-state index in [1.54, 1.807) is 6.20 Å². The second kappa shape index (κ2) is 14.6. The number of hydrogen-bond donors (Lipinski definition) is 4. The van der Waals surface area contributed by atoms with Crippen LogP contribution in [0.5, 0.6) is 0 Å². The molecule has 2 fully saturated rings. The molecular weight excluding hydrogens is 570 g/mol. The molecule has 13 heteroatoms. The van der Waals surface area contributed by atoms with Gasteiger partial charge in [-0.05, 0) is 77.5 Å². The number of nitrogens with zero attached hydrogens (tertiary/aromatic N) is 6. The molecule has 2 aromatic heterocycles. The molecule has 1 aromatic carbocycles. The Balaban J connectivity index is 1.36. The molecule has 0 unspecified atom stereocenters. The van der Waals surface area contributed by atoms with Crippen LogP contribution >= 0.6 is 0 Å². The maximum Gasteiger partial charge on any atom is 0.225 e. The molecule has 0 saturated heterocycles. The molecule has 11 nitrogen and oxygen atoms in total. The van der Waals surface area contributed by atoms with E-state index in [0.29, 0.717) is 74.9 Å². The van der Waals surface area contributed by atoms with Gasteiger partial charge in [-0.15, -0.1) is 0 Å². The molecule has 0 atom stereocenters. The van der Waals surface area contributed by atoms with Gasteiger partial charge in [-0.1, -0.05) is 0 Å². The molecule has 0 aliphatic heterocycles. The van der Waals surface area contributed by atoms with Crippen molar-refractivity contribution in [2.45, 2.75) is 76.5 Å². The van der Waals surface area contributed by atoms with Crippen molar-refractivity contribution in [3.63, 3.8) is 0 Å². The van der Waals surface area contributed by atoms with Crippen LogP contribution in [-0.2, 0) is 4.79 Å². The van der Waals surface area contributed by atoms with Gasteiger partial charge >= 0.3 is 0 Å². The van der Waals surface area contributed by atoms with Crippen molar-refractivity contribution in [2.75, 3.05) is 50.5 Å². The number of likely N-dealkylation sites (N-methyl/N-ethyl adjacent to an activating group) is 2. The van der Waals surface area contributed by atoms with Crippen molar-refractivity contribution in [1.82, 2.24) is 29.3 Å². The second-order valence-corrected chi connectivity index (χ2v) is 12.1. The summed E-state index contributed by atoms with van der Waals surface area (Å²) in [6.45, 7) is 4.58. The number of carbonyl (C=O) groups excluding carboxylic acids is 1. The van der Waals surface area contributed by atoms with Gasteiger partial charge in [0.05, 0.1) is 24.6 Å². The summed E-state index contributed by atoms with van der Waals surface area (Å²) in [5.74, 6) is -0.485. The Hall–Kier alpha value is -3.42. The van der Waals surface area contributed by atoms with Crippen molar-refractivity contribution in [2.24, 2.45) is 5.92 Å². The number of fused-ring (bicyclic) bond motifs is 1. The molecule has 44 heavy (non-hydrogen) atoms. The Labute approximate surface area is 256 Å². The lowest BCUT2D eigenvalue weighted by atomic mass is 9.85. The molecule has 0 radical (unpaired) electrons. The number of nitrogens with one attached hydrogen (secondary N) is 2. The molecule has 2 aliphatic rings. The third-order valence-electron chi connectivity index (χ3n) is 8.98. The molecule has 240 valence electrons. The van der Waals surface area contributed by atoms with Gasteiger partial charge in [-0.3, -0.25) is 9.36 Å². The van der Waals surface area contributed by atoms with Gasteiger partial charge in [-0.25, -0.2) is 18.7 Å². The summed E-state index contributed by atoms with van der Waals surface area (Å²) < 4.78 is 30.3. The minimum absolute atomic E-state index is 0.0478. The number of rotatable bonds is 12. The van der Waals surface area contributed by atoms with Crippen LogP contribution in [0.15, 0.2) is 24.4 Å². The zero-order valence-corrected chi connectivity index (χ0v) is 25.6. The molecule has 4 N–H and O–H groups in total. The number of hydrogen-bond acceptors (Lipinski definition) is 9. The first kappa shape index (κ1) is 32.0. The van der Waals surface area contributed by atoms with Gasteiger partial charge in [0.25, 0.3) is 0 Å². The quantitative estimate of drug-likeness (QED) is 0.238. The zero-order chi connectivity index (χ0) is 31.2. The van der Waals surface area contributed by atoms with E-state index >= 15 is 0 Å². The number of imidazole rings is 1. The fraction of sp³-hybridized carbons (Fsp3) is 0.613. The predicted octanol–water partition coefficient (Wildman–Crippen LogP) is 4.07. The van der Waals surface area contributed by atoms with E-state index < -0.39 is 11.6 Å². The van der Waals surface area contributed by atoms with Crippen molar-refractivity contribution >= 4 is 34.7 Å². The molecule has 2 aliphatic carbocycles. The maximum atomic E-state index is 14.7. The molecular formula is C31H44F2N8O3. The van der Waals surface area contributed by atoms with E-state index in [-0.39, 0.29) is 42.3 Å². The van der Waals surface area contributed by atoms with Gasteiger partial charge in [-0.2, -0.15) is 4.98 Å². The first-order chi connectivity index (χ1) is 21.2. The SMILES string of the molecule is CCN(CCN(C)CCO)C(=O)[C@H]1CC[C@@H](n2c(Nc3ccc(F)cc3F)nc3cnc(N[C@H]4CC[C@H](O)CC4)nc32)CC1. The highest BCUT2D eigenvalue weighted by Gasteiger charge is 2.32. The van der Waals surface area contributed by atoms with Crippen LogP contribution in [0.1, 0.15) is 64.3 Å². The first-order valence-electron chi connectivity index (χ1n) is 15.8. The number of aliphatic hydroxyl groups excluding tert-OH is 2. The van der Waals surface area contributed by atoms with Crippen LogP contribution in [0.4, 0.5) is 26.4 Å². The molecule has 1 amide bonds. The number of amides is 1. The molecule has 2 saturated carbocycles. The third-order valence-corrected chi connectivity index (χ3v) is 8.98. The topological polar surface area (TPSA) is 132 Å². The minimum Gasteiger partial charge on any atom is -0.395 e. The highest BCUT2D eigenvalue weighted by Crippen LogP contribution is 2.38. The Morgan fingerprint density at radius 2 is 1.80 bits per heavy atom. The van der Waals surface area contributed by atoms with Crippen LogP contribution < -0.4 is 10.6 Å². The van der Waals surface area contributed by atoms with Crippen LogP contribution in [0, 0.1) is 17.6 Å². The van der Waals surface area contributed by atoms with Crippen LogP contribution in [0.25, 0.3) is 11.2 Å². The summed E-state index contributed by atoms with van der Waals surface area (Å²) >= 11 is 0. The number of halogens is 2. The van der Waals surface area contributed by atoms with E-state index in [1.165, 1.54) is 12.1 Å². The van der Waals surface area contributed by atoms with Crippen LogP contribution in [0.3, 0.4) is 0 Å². The van der Waals surface area contributed by atoms with Crippen molar-refractivity contribution in [3.8, 4) is 0 Å². The summed E-state index contributed by atoms with van der Waals surface area (Å²) in [6.07, 6.45) is 7.28. The Kier molecular flexibility index (Phi) is 10.6. The lowest BCUT2D eigenvalue weighted by molar-refractivity contribution is -0.136. The average Bonchev–Trinajstić information content (AvgIpc) is 3.37. The average molecular weight is 615 g/mol. The van der Waals surface area contributed by atoms with Crippen molar-refractivity contribution in [3.05, 3.63) is 36.0 Å². The van der Waals surface area contributed by atoms with Crippen molar-refractivity contribution in [1.29, 1.82) is 0 Å². The lowest BCUT2D eigenvalue weighted by Crippen LogP contribution is -2.42. The summed E-state index contributed by atoms with van der Waals surface area (Å²) in [7, 11) is 1.93. The normalized spacial score (nSPS) is 22.3. The van der Waals surface area contributed by atoms with Crippen molar-refractivity contribution < 1.29 is 23.8 Å². The Bertz CT molecular complexity index is 1410. The number of benzene rings is 1. The van der Waals surface area contributed by atoms with E-state index in [0.717, 1.165) is 31.7 Å². The molecule has 2 heterocycles. The lowest BCUT2D eigenvalue weighted by Gasteiger charge is -2.33. The third kappa shape index (κ3) is 7.62. The number of carbonyl (C=O) groups is 1. The first-order valence-corrected chi connectivity index (χ1v) is 15.8. The van der Waals surface area contributed by atoms with E-state index in [4.69, 9.17) is 9.97 Å². The monoisotopic (exact) mass is 614 g/mol. The highest BCUT2D eigenvalue weighted by atomic mass is 19.1. The Morgan fingerprint density at radius 3 is 2.48 bits per heavy atom. The van der Waals surface area contributed by atoms with E-state index in [1.807, 2.05) is 28.3 Å². The predicted molar refractivity (Wildman–Crippen MR) is 165 cm³/mol. The summed E-state index contributed by atoms with van der Waals surface area (Å²) in [6, 6.07) is 3.48. The summed E-state index contributed by atoms with van der Waals surface area (Å²) in [4.78, 5) is 31.4. The molecule has 0 bridgehead atoms. The zero-order valence-electron chi connectivity index (χ0n) is 25.6. The van der Waals surface area contributed by atoms with Gasteiger partial charge < -0.3 is 30.6 Å². The fourth-order valence-electron chi connectivity index (χ4n) is 6.35. The van der Waals surface area contributed by atoms with Gasteiger partial charge in [0.2, 0.25) is 17.8 Å². The number of aliphatic hydroxyl groups is 2. The highest BCUT2D eigenvalue weighted by molar-refractivity contribution is 5.79. The minimum atomic E-state index is -0.727. The summed E-state index contributed by atoms with van der Waals surface area (Å²) in [5.41, 5.74) is 1.24. The van der Waals surface area contributed by atoms with E-state index in [9.17, 15) is 23.8 Å². The number of anilines is 3. The van der Waals surface area contributed by atoms with E-state index in [2.05, 4.69) is 15.6 Å². The molecule has 3 aromatic rings.